The number of hydrogen-bond donors (Lipinski definition) is 0. The van der Waals surface area contributed by atoms with Gasteiger partial charge in [-0.15, -0.1) is 0 Å². The Bertz CT molecular complexity index is 315. The van der Waals surface area contributed by atoms with Gasteiger partial charge in [0.05, 0.1) is 10.2 Å². The Morgan fingerprint density at radius 3 is 3.15 bits per heavy atom. The highest BCUT2D eigenvalue weighted by atomic mass is 79.9. The molecule has 5 heteroatoms. The van der Waals surface area contributed by atoms with Crippen LogP contribution in [0.25, 0.3) is 0 Å². The number of halogens is 2. The summed E-state index contributed by atoms with van der Waals surface area (Å²) in [5, 5.41) is 0.272. The number of hydrogen-bond acceptors (Lipinski definition) is 3. The largest absolute Gasteiger partial charge is 0.372 e. The van der Waals surface area contributed by atoms with Gasteiger partial charge in [0.2, 0.25) is 5.28 Å². The lowest BCUT2D eigenvalue weighted by molar-refractivity contribution is 0.108. The number of nitrogens with zero attached hydrogens (tertiary/aromatic N) is 2. The molecular formula is C8H8BrClN2O. The molecule has 0 aromatic carbocycles. The van der Waals surface area contributed by atoms with Crippen molar-refractivity contribution in [2.75, 3.05) is 6.61 Å². The summed E-state index contributed by atoms with van der Waals surface area (Å²) in [6.45, 7) is 0.804. The second-order valence-electron chi connectivity index (χ2n) is 2.87. The molecule has 1 fully saturated rings. The van der Waals surface area contributed by atoms with Crippen LogP contribution in [-0.2, 0) is 4.74 Å². The first kappa shape index (κ1) is 9.37. The van der Waals surface area contributed by atoms with Crippen LogP contribution in [0.15, 0.2) is 10.7 Å². The average Bonchev–Trinajstić information content (AvgIpc) is 2.61. The van der Waals surface area contributed by atoms with E-state index < -0.39 is 0 Å². The zero-order chi connectivity index (χ0) is 9.26. The van der Waals surface area contributed by atoms with E-state index in [2.05, 4.69) is 25.9 Å². The molecule has 3 nitrogen and oxygen atoms in total. The fourth-order valence-corrected chi connectivity index (χ4v) is 1.96. The third-order valence-electron chi connectivity index (χ3n) is 1.98. The number of rotatable bonds is 1. The van der Waals surface area contributed by atoms with Gasteiger partial charge in [-0.05, 0) is 40.4 Å². The second kappa shape index (κ2) is 3.90. The molecule has 1 atom stereocenters. The lowest BCUT2D eigenvalue weighted by atomic mass is 10.2. The Labute approximate surface area is 89.6 Å². The van der Waals surface area contributed by atoms with Crippen molar-refractivity contribution in [2.24, 2.45) is 0 Å². The summed E-state index contributed by atoms with van der Waals surface area (Å²) >= 11 is 9.07. The Hall–Kier alpha value is -0.190. The van der Waals surface area contributed by atoms with Crippen molar-refractivity contribution in [1.82, 2.24) is 9.97 Å². The zero-order valence-corrected chi connectivity index (χ0v) is 9.18. The maximum atomic E-state index is 5.70. The quantitative estimate of drug-likeness (QED) is 0.731. The van der Waals surface area contributed by atoms with Gasteiger partial charge in [-0.1, -0.05) is 0 Å². The maximum Gasteiger partial charge on any atom is 0.222 e. The highest BCUT2D eigenvalue weighted by Crippen LogP contribution is 2.31. The molecular weight excluding hydrogens is 255 g/mol. The first-order valence-corrected chi connectivity index (χ1v) is 5.24. The van der Waals surface area contributed by atoms with Crippen LogP contribution in [0.1, 0.15) is 24.6 Å². The second-order valence-corrected chi connectivity index (χ2v) is 4.07. The summed E-state index contributed by atoms with van der Waals surface area (Å²) in [6, 6.07) is 0. The SMILES string of the molecule is Clc1ncc(Br)c([C@H]2CCCO2)n1. The maximum absolute atomic E-state index is 5.70. The predicted octanol–water partition coefficient (Wildman–Crippen LogP) is 2.74. The molecule has 1 aliphatic rings. The summed E-state index contributed by atoms with van der Waals surface area (Å²) in [5.74, 6) is 0. The first-order chi connectivity index (χ1) is 6.27. The van der Waals surface area contributed by atoms with Crippen molar-refractivity contribution in [3.05, 3.63) is 21.6 Å². The molecule has 2 heterocycles. The van der Waals surface area contributed by atoms with Gasteiger partial charge in [-0.25, -0.2) is 9.97 Å². The lowest BCUT2D eigenvalue weighted by Crippen LogP contribution is -2.01. The van der Waals surface area contributed by atoms with Gasteiger partial charge in [-0.3, -0.25) is 0 Å². The fourth-order valence-electron chi connectivity index (χ4n) is 1.38. The number of aromatic nitrogens is 2. The molecule has 0 unspecified atom stereocenters. The Morgan fingerprint density at radius 1 is 1.62 bits per heavy atom. The molecule has 0 bridgehead atoms. The zero-order valence-electron chi connectivity index (χ0n) is 6.83. The third kappa shape index (κ3) is 2.00. The minimum absolute atomic E-state index is 0.0786. The fraction of sp³-hybridized carbons (Fsp3) is 0.500. The van der Waals surface area contributed by atoms with E-state index >= 15 is 0 Å². The van der Waals surface area contributed by atoms with Crippen LogP contribution in [0, 0.1) is 0 Å². The van der Waals surface area contributed by atoms with Crippen molar-refractivity contribution >= 4 is 27.5 Å². The van der Waals surface area contributed by atoms with E-state index in [0.717, 1.165) is 29.6 Å². The van der Waals surface area contributed by atoms with E-state index in [1.807, 2.05) is 0 Å². The molecule has 13 heavy (non-hydrogen) atoms. The van der Waals surface area contributed by atoms with Crippen LogP contribution in [0.5, 0.6) is 0 Å². The van der Waals surface area contributed by atoms with Gasteiger partial charge in [0.15, 0.2) is 0 Å². The van der Waals surface area contributed by atoms with Crippen LogP contribution in [0.3, 0.4) is 0 Å². The molecule has 0 N–H and O–H groups in total. The molecule has 0 saturated carbocycles. The summed E-state index contributed by atoms with van der Waals surface area (Å²) in [5.41, 5.74) is 0.859. The molecule has 0 amide bonds. The molecule has 0 radical (unpaired) electrons. The molecule has 1 aromatic heterocycles. The van der Waals surface area contributed by atoms with Crippen LogP contribution in [-0.4, -0.2) is 16.6 Å². The molecule has 70 valence electrons. The Morgan fingerprint density at radius 2 is 2.46 bits per heavy atom. The molecule has 1 aliphatic heterocycles. The van der Waals surface area contributed by atoms with Crippen LogP contribution < -0.4 is 0 Å². The smallest absolute Gasteiger partial charge is 0.222 e. The summed E-state index contributed by atoms with van der Waals surface area (Å²) in [6.07, 6.45) is 3.83. The molecule has 0 aliphatic carbocycles. The minimum Gasteiger partial charge on any atom is -0.372 e. The summed E-state index contributed by atoms with van der Waals surface area (Å²) in [7, 11) is 0. The van der Waals surface area contributed by atoms with Gasteiger partial charge < -0.3 is 4.74 Å². The van der Waals surface area contributed by atoms with E-state index in [9.17, 15) is 0 Å². The lowest BCUT2D eigenvalue weighted by Gasteiger charge is -2.09. The highest BCUT2D eigenvalue weighted by molar-refractivity contribution is 9.10. The van der Waals surface area contributed by atoms with Gasteiger partial charge in [0.1, 0.15) is 6.10 Å². The monoisotopic (exact) mass is 262 g/mol. The summed E-state index contributed by atoms with van der Waals surface area (Å²) in [4.78, 5) is 8.00. The molecule has 1 saturated heterocycles. The predicted molar refractivity (Wildman–Crippen MR) is 52.7 cm³/mol. The van der Waals surface area contributed by atoms with Crippen LogP contribution in [0.2, 0.25) is 5.28 Å². The van der Waals surface area contributed by atoms with E-state index in [1.165, 1.54) is 0 Å². The van der Waals surface area contributed by atoms with Crippen molar-refractivity contribution in [2.45, 2.75) is 18.9 Å². The minimum atomic E-state index is 0.0786. The Balaban J connectivity index is 2.32. The van der Waals surface area contributed by atoms with E-state index in [1.54, 1.807) is 6.20 Å². The molecule has 1 aromatic rings. The van der Waals surface area contributed by atoms with Gasteiger partial charge in [-0.2, -0.15) is 0 Å². The highest BCUT2D eigenvalue weighted by Gasteiger charge is 2.21. The molecule has 2 rings (SSSR count). The van der Waals surface area contributed by atoms with E-state index in [-0.39, 0.29) is 11.4 Å². The van der Waals surface area contributed by atoms with Gasteiger partial charge in [0.25, 0.3) is 0 Å². The molecule has 0 spiro atoms. The van der Waals surface area contributed by atoms with Crippen molar-refractivity contribution in [1.29, 1.82) is 0 Å². The topological polar surface area (TPSA) is 35.0 Å². The Kier molecular flexibility index (Phi) is 2.81. The average molecular weight is 264 g/mol. The standard InChI is InChI=1S/C8H8BrClN2O/c9-5-4-11-8(10)12-7(5)6-2-1-3-13-6/h4,6H,1-3H2/t6-/m1/s1. The van der Waals surface area contributed by atoms with E-state index in [4.69, 9.17) is 16.3 Å². The van der Waals surface area contributed by atoms with E-state index in [0.29, 0.717) is 0 Å². The van der Waals surface area contributed by atoms with Crippen molar-refractivity contribution < 1.29 is 4.74 Å². The van der Waals surface area contributed by atoms with Crippen LogP contribution in [0.4, 0.5) is 0 Å². The first-order valence-electron chi connectivity index (χ1n) is 4.07. The summed E-state index contributed by atoms with van der Waals surface area (Å²) < 4.78 is 6.36. The van der Waals surface area contributed by atoms with Crippen molar-refractivity contribution in [3.8, 4) is 0 Å². The van der Waals surface area contributed by atoms with Crippen LogP contribution >= 0.6 is 27.5 Å². The van der Waals surface area contributed by atoms with Gasteiger partial charge >= 0.3 is 0 Å². The van der Waals surface area contributed by atoms with Crippen molar-refractivity contribution in [3.63, 3.8) is 0 Å². The van der Waals surface area contributed by atoms with Gasteiger partial charge in [0, 0.05) is 12.8 Å². The third-order valence-corrected chi connectivity index (χ3v) is 2.77. The normalized spacial score (nSPS) is 22.2. The number of ether oxygens (including phenoxy) is 1.